The molecule has 21 heavy (non-hydrogen) atoms. The molecule has 0 bridgehead atoms. The fraction of sp³-hybridized carbons (Fsp3) is 0.167. The first-order valence-corrected chi connectivity index (χ1v) is 6.85. The Balaban J connectivity index is 2.12. The molecule has 1 aromatic heterocycles. The number of aromatic nitrogens is 1. The summed E-state index contributed by atoms with van der Waals surface area (Å²) in [7, 11) is 3.30. The van der Waals surface area contributed by atoms with E-state index in [0.717, 1.165) is 28.7 Å². The summed E-state index contributed by atoms with van der Waals surface area (Å²) in [6.07, 6.45) is 4.59. The van der Waals surface area contributed by atoms with Gasteiger partial charge in [0.2, 0.25) is 0 Å². The van der Waals surface area contributed by atoms with E-state index in [1.807, 2.05) is 24.5 Å². The number of methoxy groups -OCH3 is 2. The highest BCUT2D eigenvalue weighted by Gasteiger charge is 2.11. The Hall–Kier alpha value is -2.55. The van der Waals surface area contributed by atoms with Crippen molar-refractivity contribution >= 4 is 10.8 Å². The van der Waals surface area contributed by atoms with E-state index in [1.54, 1.807) is 14.2 Å². The second-order valence-electron chi connectivity index (χ2n) is 4.86. The van der Waals surface area contributed by atoms with Crippen molar-refractivity contribution in [1.82, 2.24) is 4.98 Å². The van der Waals surface area contributed by atoms with Crippen LogP contribution in [0.2, 0.25) is 0 Å². The van der Waals surface area contributed by atoms with Gasteiger partial charge in [-0.15, -0.1) is 0 Å². The number of pyridine rings is 1. The average molecular weight is 279 g/mol. The zero-order valence-electron chi connectivity index (χ0n) is 12.2. The highest BCUT2D eigenvalue weighted by Crippen LogP contribution is 2.36. The van der Waals surface area contributed by atoms with Gasteiger partial charge < -0.3 is 9.47 Å². The molecule has 0 aliphatic rings. The van der Waals surface area contributed by atoms with Crippen molar-refractivity contribution in [3.8, 4) is 11.5 Å². The van der Waals surface area contributed by atoms with Crippen LogP contribution in [0.15, 0.2) is 54.9 Å². The molecule has 0 aliphatic heterocycles. The van der Waals surface area contributed by atoms with Gasteiger partial charge in [0.15, 0.2) is 11.5 Å². The van der Waals surface area contributed by atoms with E-state index in [4.69, 9.17) is 9.47 Å². The SMILES string of the molecule is COc1ccc2c(Cc3ccccc3)cncc2c1OC. The molecule has 0 saturated heterocycles. The molecule has 0 radical (unpaired) electrons. The molecule has 0 atom stereocenters. The summed E-state index contributed by atoms with van der Waals surface area (Å²) in [6.45, 7) is 0. The van der Waals surface area contributed by atoms with Crippen LogP contribution in [0.25, 0.3) is 10.8 Å². The van der Waals surface area contributed by atoms with Crippen LogP contribution in [0.1, 0.15) is 11.1 Å². The van der Waals surface area contributed by atoms with Crippen molar-refractivity contribution in [2.75, 3.05) is 14.2 Å². The van der Waals surface area contributed by atoms with Crippen LogP contribution in [0.3, 0.4) is 0 Å². The van der Waals surface area contributed by atoms with Crippen molar-refractivity contribution in [3.63, 3.8) is 0 Å². The number of nitrogens with zero attached hydrogens (tertiary/aromatic N) is 1. The minimum Gasteiger partial charge on any atom is -0.493 e. The summed E-state index contributed by atoms with van der Waals surface area (Å²) in [4.78, 5) is 4.36. The van der Waals surface area contributed by atoms with E-state index < -0.39 is 0 Å². The summed E-state index contributed by atoms with van der Waals surface area (Å²) in [5.74, 6) is 1.46. The Bertz CT molecular complexity index is 754. The zero-order chi connectivity index (χ0) is 14.7. The number of hydrogen-bond donors (Lipinski definition) is 0. The van der Waals surface area contributed by atoms with Gasteiger partial charge in [0.05, 0.1) is 14.2 Å². The highest BCUT2D eigenvalue weighted by atomic mass is 16.5. The molecule has 3 aromatic rings. The Labute approximate surface area is 124 Å². The van der Waals surface area contributed by atoms with E-state index in [1.165, 1.54) is 11.1 Å². The predicted molar refractivity (Wildman–Crippen MR) is 84.1 cm³/mol. The number of fused-ring (bicyclic) bond motifs is 1. The van der Waals surface area contributed by atoms with Crippen LogP contribution in [0.4, 0.5) is 0 Å². The standard InChI is InChI=1S/C18H17NO2/c1-20-17-9-8-15-14(10-13-6-4-3-5-7-13)11-19-12-16(15)18(17)21-2/h3-9,11-12H,10H2,1-2H3. The van der Waals surface area contributed by atoms with E-state index in [-0.39, 0.29) is 0 Å². The Kier molecular flexibility index (Phi) is 3.73. The van der Waals surface area contributed by atoms with Gasteiger partial charge >= 0.3 is 0 Å². The van der Waals surface area contributed by atoms with Gasteiger partial charge in [0.25, 0.3) is 0 Å². The van der Waals surface area contributed by atoms with Gasteiger partial charge in [0, 0.05) is 17.8 Å². The monoisotopic (exact) mass is 279 g/mol. The molecule has 0 N–H and O–H groups in total. The molecule has 3 heteroatoms. The van der Waals surface area contributed by atoms with Crippen molar-refractivity contribution < 1.29 is 9.47 Å². The second kappa shape index (κ2) is 5.83. The third-order valence-electron chi connectivity index (χ3n) is 3.60. The molecule has 0 unspecified atom stereocenters. The fourth-order valence-corrected chi connectivity index (χ4v) is 2.59. The van der Waals surface area contributed by atoms with Crippen LogP contribution in [-0.4, -0.2) is 19.2 Å². The molecular formula is C18H17NO2. The summed E-state index contributed by atoms with van der Waals surface area (Å²) in [6, 6.07) is 14.4. The molecule has 0 spiro atoms. The summed E-state index contributed by atoms with van der Waals surface area (Å²) < 4.78 is 10.8. The van der Waals surface area contributed by atoms with Crippen molar-refractivity contribution in [1.29, 1.82) is 0 Å². The lowest BCUT2D eigenvalue weighted by molar-refractivity contribution is 0.358. The number of hydrogen-bond acceptors (Lipinski definition) is 3. The summed E-state index contributed by atoms with van der Waals surface area (Å²) in [5, 5.41) is 2.12. The number of ether oxygens (including phenoxy) is 2. The normalized spacial score (nSPS) is 10.6. The van der Waals surface area contributed by atoms with Gasteiger partial charge in [-0.3, -0.25) is 4.98 Å². The minimum absolute atomic E-state index is 0.726. The van der Waals surface area contributed by atoms with Crippen LogP contribution in [0.5, 0.6) is 11.5 Å². The van der Waals surface area contributed by atoms with Gasteiger partial charge in [-0.1, -0.05) is 36.4 Å². The van der Waals surface area contributed by atoms with Gasteiger partial charge in [-0.25, -0.2) is 0 Å². The Morgan fingerprint density at radius 2 is 1.67 bits per heavy atom. The molecule has 3 rings (SSSR count). The summed E-state index contributed by atoms with van der Waals surface area (Å²) in [5.41, 5.74) is 2.45. The first-order valence-electron chi connectivity index (χ1n) is 6.85. The van der Waals surface area contributed by atoms with Crippen LogP contribution in [0, 0.1) is 0 Å². The van der Waals surface area contributed by atoms with E-state index in [0.29, 0.717) is 0 Å². The fourth-order valence-electron chi connectivity index (χ4n) is 2.59. The molecule has 2 aromatic carbocycles. The third kappa shape index (κ3) is 2.55. The first-order chi connectivity index (χ1) is 10.3. The number of benzene rings is 2. The van der Waals surface area contributed by atoms with Crippen molar-refractivity contribution in [3.05, 3.63) is 66.0 Å². The largest absolute Gasteiger partial charge is 0.493 e. The van der Waals surface area contributed by atoms with Gasteiger partial charge in [-0.2, -0.15) is 0 Å². The second-order valence-corrected chi connectivity index (χ2v) is 4.86. The summed E-state index contributed by atoms with van der Waals surface area (Å²) >= 11 is 0. The van der Waals surface area contributed by atoms with Crippen LogP contribution < -0.4 is 9.47 Å². The average Bonchev–Trinajstić information content (AvgIpc) is 2.55. The molecule has 0 aliphatic carbocycles. The molecule has 1 heterocycles. The lowest BCUT2D eigenvalue weighted by atomic mass is 10.0. The minimum atomic E-state index is 0.726. The van der Waals surface area contributed by atoms with Crippen LogP contribution in [-0.2, 0) is 6.42 Å². The Morgan fingerprint density at radius 1 is 0.857 bits per heavy atom. The highest BCUT2D eigenvalue weighted by molar-refractivity contribution is 5.92. The quantitative estimate of drug-likeness (QED) is 0.727. The van der Waals surface area contributed by atoms with Crippen molar-refractivity contribution in [2.24, 2.45) is 0 Å². The predicted octanol–water partition coefficient (Wildman–Crippen LogP) is 3.84. The molecule has 106 valence electrons. The lowest BCUT2D eigenvalue weighted by Gasteiger charge is -2.12. The maximum atomic E-state index is 5.49. The molecule has 3 nitrogen and oxygen atoms in total. The maximum absolute atomic E-state index is 5.49. The van der Waals surface area contributed by atoms with Crippen molar-refractivity contribution in [2.45, 2.75) is 6.42 Å². The topological polar surface area (TPSA) is 31.4 Å². The first kappa shape index (κ1) is 13.4. The van der Waals surface area contributed by atoms with E-state index >= 15 is 0 Å². The zero-order valence-corrected chi connectivity index (χ0v) is 12.2. The maximum Gasteiger partial charge on any atom is 0.170 e. The Morgan fingerprint density at radius 3 is 2.38 bits per heavy atom. The van der Waals surface area contributed by atoms with Gasteiger partial charge in [-0.05, 0) is 29.0 Å². The van der Waals surface area contributed by atoms with Crippen LogP contribution >= 0.6 is 0 Å². The molecule has 0 fully saturated rings. The number of rotatable bonds is 4. The smallest absolute Gasteiger partial charge is 0.170 e. The van der Waals surface area contributed by atoms with E-state index in [9.17, 15) is 0 Å². The molecular weight excluding hydrogens is 262 g/mol. The van der Waals surface area contributed by atoms with E-state index in [2.05, 4.69) is 35.3 Å². The van der Waals surface area contributed by atoms with Gasteiger partial charge in [0.1, 0.15) is 0 Å². The molecule has 0 amide bonds. The molecule has 0 saturated carbocycles. The lowest BCUT2D eigenvalue weighted by Crippen LogP contribution is -1.95. The third-order valence-corrected chi connectivity index (χ3v) is 3.60.